The van der Waals surface area contributed by atoms with E-state index in [2.05, 4.69) is 0 Å². The van der Waals surface area contributed by atoms with Crippen molar-refractivity contribution in [1.29, 1.82) is 0 Å². The minimum atomic E-state index is -0.414. The van der Waals surface area contributed by atoms with E-state index in [-0.39, 0.29) is 0 Å². The molecule has 0 bridgehead atoms. The maximum atomic E-state index is 7.01. The Hall–Kier alpha value is -0.110. The van der Waals surface area contributed by atoms with Gasteiger partial charge in [0.15, 0.2) is 5.00 Å². The highest BCUT2D eigenvalue weighted by molar-refractivity contribution is 6.23. The van der Waals surface area contributed by atoms with Crippen molar-refractivity contribution in [3.05, 3.63) is 0 Å². The molecule has 2 saturated carbocycles. The van der Waals surface area contributed by atoms with E-state index in [1.54, 1.807) is 0 Å². The van der Waals surface area contributed by atoms with Crippen LogP contribution in [0.25, 0.3) is 0 Å². The molecule has 2 nitrogen and oxygen atoms in total. The first-order valence-corrected chi connectivity index (χ1v) is 12.8. The van der Waals surface area contributed by atoms with Gasteiger partial charge in [-0.2, -0.15) is 10.2 Å². The van der Waals surface area contributed by atoms with Crippen molar-refractivity contribution >= 4 is 11.6 Å². The van der Waals surface area contributed by atoms with Crippen molar-refractivity contribution in [2.45, 2.75) is 152 Å². The molecule has 0 N–H and O–H groups in total. The molecule has 0 spiro atoms. The number of nitrogens with zero attached hydrogens (tertiary/aromatic N) is 2. The summed E-state index contributed by atoms with van der Waals surface area (Å²) in [5.74, 6) is 0. The number of alkyl halides is 1. The Morgan fingerprint density at radius 1 is 0.481 bits per heavy atom. The van der Waals surface area contributed by atoms with Crippen LogP contribution < -0.4 is 0 Å². The smallest absolute Gasteiger partial charge is 0.154 e. The predicted molar refractivity (Wildman–Crippen MR) is 119 cm³/mol. The number of azo groups is 1. The zero-order valence-corrected chi connectivity index (χ0v) is 18.7. The van der Waals surface area contributed by atoms with E-state index in [9.17, 15) is 0 Å². The first kappa shape index (κ1) is 23.2. The lowest BCUT2D eigenvalue weighted by atomic mass is 9.97. The minimum absolute atomic E-state index is 0.414. The Morgan fingerprint density at radius 3 is 1.22 bits per heavy atom. The van der Waals surface area contributed by atoms with Gasteiger partial charge in [0.1, 0.15) is 0 Å². The molecule has 2 aliphatic carbocycles. The highest BCUT2D eigenvalue weighted by Crippen LogP contribution is 2.33. The Bertz CT molecular complexity index is 359. The van der Waals surface area contributed by atoms with E-state index < -0.39 is 5.00 Å². The maximum absolute atomic E-state index is 7.01. The molecule has 158 valence electrons. The molecular formula is C24H45ClN2. The summed E-state index contributed by atoms with van der Waals surface area (Å²) in [5, 5.41) is 9.69. The van der Waals surface area contributed by atoms with Crippen LogP contribution in [0.5, 0.6) is 0 Å². The van der Waals surface area contributed by atoms with Gasteiger partial charge in [-0.1, -0.05) is 114 Å². The summed E-state index contributed by atoms with van der Waals surface area (Å²) in [4.78, 5) is -0.414. The van der Waals surface area contributed by atoms with Crippen molar-refractivity contribution in [2.24, 2.45) is 10.2 Å². The van der Waals surface area contributed by atoms with Crippen molar-refractivity contribution in [2.75, 3.05) is 0 Å². The number of hydrogen-bond acceptors (Lipinski definition) is 2. The highest BCUT2D eigenvalue weighted by atomic mass is 35.5. The summed E-state index contributed by atoms with van der Waals surface area (Å²) < 4.78 is 0. The van der Waals surface area contributed by atoms with Crippen LogP contribution in [-0.2, 0) is 0 Å². The van der Waals surface area contributed by atoms with Gasteiger partial charge in [-0.15, -0.1) is 0 Å². The standard InChI is InChI=1S/C24H45ClN2/c25-24(21-17-13-9-5-2-6-10-14-18-22-24)27-26-23-19-15-11-7-3-1-4-8-12-16-20-23/h23H,1-22H2. The first-order valence-electron chi connectivity index (χ1n) is 12.4. The fourth-order valence-corrected chi connectivity index (χ4v) is 5.01. The molecule has 0 aliphatic heterocycles. The quantitative estimate of drug-likeness (QED) is 0.252. The monoisotopic (exact) mass is 396 g/mol. The summed E-state index contributed by atoms with van der Waals surface area (Å²) in [5.41, 5.74) is 0. The van der Waals surface area contributed by atoms with Crippen LogP contribution in [0.3, 0.4) is 0 Å². The lowest BCUT2D eigenvalue weighted by molar-refractivity contribution is 0.397. The second-order valence-electron chi connectivity index (χ2n) is 9.23. The van der Waals surface area contributed by atoms with Crippen molar-refractivity contribution < 1.29 is 0 Å². The van der Waals surface area contributed by atoms with E-state index in [1.165, 1.54) is 128 Å². The summed E-state index contributed by atoms with van der Waals surface area (Å²) in [6.07, 6.45) is 29.0. The van der Waals surface area contributed by atoms with Crippen LogP contribution in [0, 0.1) is 0 Å². The van der Waals surface area contributed by atoms with Gasteiger partial charge >= 0.3 is 0 Å². The van der Waals surface area contributed by atoms with Crippen LogP contribution in [0.2, 0.25) is 0 Å². The van der Waals surface area contributed by atoms with Gasteiger partial charge in [-0.3, -0.25) is 0 Å². The third-order valence-electron chi connectivity index (χ3n) is 6.59. The number of rotatable bonds is 2. The van der Waals surface area contributed by atoms with Gasteiger partial charge < -0.3 is 0 Å². The fraction of sp³-hybridized carbons (Fsp3) is 1.00. The van der Waals surface area contributed by atoms with E-state index >= 15 is 0 Å². The van der Waals surface area contributed by atoms with Crippen LogP contribution in [-0.4, -0.2) is 11.0 Å². The van der Waals surface area contributed by atoms with Crippen LogP contribution in [0.1, 0.15) is 141 Å². The van der Waals surface area contributed by atoms with E-state index in [4.69, 9.17) is 21.8 Å². The summed E-state index contributed by atoms with van der Waals surface area (Å²) >= 11 is 7.01. The fourth-order valence-electron chi connectivity index (χ4n) is 4.70. The minimum Gasteiger partial charge on any atom is -0.189 e. The van der Waals surface area contributed by atoms with E-state index in [0.29, 0.717) is 6.04 Å². The molecule has 0 heterocycles. The topological polar surface area (TPSA) is 24.7 Å². The Balaban J connectivity index is 1.87. The third-order valence-corrected chi connectivity index (χ3v) is 7.05. The average molecular weight is 397 g/mol. The van der Waals surface area contributed by atoms with Crippen molar-refractivity contribution in [3.8, 4) is 0 Å². The maximum Gasteiger partial charge on any atom is 0.154 e. The summed E-state index contributed by atoms with van der Waals surface area (Å²) in [6.45, 7) is 0. The van der Waals surface area contributed by atoms with Crippen molar-refractivity contribution in [3.63, 3.8) is 0 Å². The van der Waals surface area contributed by atoms with E-state index in [1.807, 2.05) is 0 Å². The van der Waals surface area contributed by atoms with Crippen molar-refractivity contribution in [1.82, 2.24) is 0 Å². The van der Waals surface area contributed by atoms with Crippen LogP contribution >= 0.6 is 11.6 Å². The van der Waals surface area contributed by atoms with Gasteiger partial charge in [0, 0.05) is 0 Å². The highest BCUT2D eigenvalue weighted by Gasteiger charge is 2.26. The molecule has 0 aromatic rings. The van der Waals surface area contributed by atoms with Crippen LogP contribution in [0.15, 0.2) is 10.2 Å². The molecule has 0 aromatic heterocycles. The molecule has 0 atom stereocenters. The molecule has 0 unspecified atom stereocenters. The first-order chi connectivity index (χ1) is 13.3. The lowest BCUT2D eigenvalue weighted by Gasteiger charge is -2.23. The third kappa shape index (κ3) is 11.5. The lowest BCUT2D eigenvalue weighted by Crippen LogP contribution is -2.19. The van der Waals surface area contributed by atoms with Gasteiger partial charge in [0.2, 0.25) is 0 Å². The Morgan fingerprint density at radius 2 is 0.815 bits per heavy atom. The molecule has 27 heavy (non-hydrogen) atoms. The van der Waals surface area contributed by atoms with Gasteiger partial charge in [0.25, 0.3) is 0 Å². The van der Waals surface area contributed by atoms with Gasteiger partial charge in [-0.05, 0) is 38.5 Å². The second-order valence-corrected chi connectivity index (χ2v) is 9.93. The molecule has 0 saturated heterocycles. The molecule has 2 fully saturated rings. The zero-order chi connectivity index (χ0) is 19.0. The zero-order valence-electron chi connectivity index (χ0n) is 17.9. The Labute approximate surface area is 174 Å². The molecule has 0 radical (unpaired) electrons. The summed E-state index contributed by atoms with van der Waals surface area (Å²) in [6, 6.07) is 0.418. The average Bonchev–Trinajstić information content (AvgIpc) is 2.64. The molecule has 2 aliphatic rings. The number of halogens is 1. The van der Waals surface area contributed by atoms with Gasteiger partial charge in [0.05, 0.1) is 6.04 Å². The molecule has 0 amide bonds. The molecular weight excluding hydrogens is 352 g/mol. The number of hydrogen-bond donors (Lipinski definition) is 0. The summed E-state index contributed by atoms with van der Waals surface area (Å²) in [7, 11) is 0. The normalized spacial score (nSPS) is 26.4. The predicted octanol–water partition coefficient (Wildman–Crippen LogP) is 9.35. The molecule has 2 rings (SSSR count). The second kappa shape index (κ2) is 14.8. The van der Waals surface area contributed by atoms with Gasteiger partial charge in [-0.25, -0.2) is 0 Å². The molecule has 0 aromatic carbocycles. The van der Waals surface area contributed by atoms with E-state index in [0.717, 1.165) is 12.8 Å². The molecule has 3 heteroatoms. The largest absolute Gasteiger partial charge is 0.189 e. The SMILES string of the molecule is ClC1(N=NC2CCCCCCCCCCC2)CCCCCCCCCCC1. The van der Waals surface area contributed by atoms with Crippen LogP contribution in [0.4, 0.5) is 0 Å². The Kier molecular flexibility index (Phi) is 12.7.